The lowest BCUT2D eigenvalue weighted by Gasteiger charge is -2.20. The van der Waals surface area contributed by atoms with E-state index >= 15 is 0 Å². The fourth-order valence-corrected chi connectivity index (χ4v) is 2.90. The van der Waals surface area contributed by atoms with Gasteiger partial charge in [0, 0.05) is 11.6 Å². The molecule has 0 saturated heterocycles. The van der Waals surface area contributed by atoms with Crippen LogP contribution >= 0.6 is 0 Å². The highest BCUT2D eigenvalue weighted by atomic mass is 16.6. The van der Waals surface area contributed by atoms with Crippen LogP contribution in [0.2, 0.25) is 0 Å². The smallest absolute Gasteiger partial charge is 0.349 e. The van der Waals surface area contributed by atoms with E-state index in [2.05, 4.69) is 10.1 Å². The number of aromatic nitrogens is 2. The Morgan fingerprint density at radius 3 is 2.56 bits per heavy atom. The summed E-state index contributed by atoms with van der Waals surface area (Å²) in [5.41, 5.74) is -1.21. The average Bonchev–Trinajstić information content (AvgIpc) is 2.72. The van der Waals surface area contributed by atoms with Crippen molar-refractivity contribution in [3.05, 3.63) is 72.9 Å². The van der Waals surface area contributed by atoms with Gasteiger partial charge in [0.25, 0.3) is 5.56 Å². The number of benzene rings is 2. The van der Waals surface area contributed by atoms with Gasteiger partial charge in [0.2, 0.25) is 5.75 Å². The van der Waals surface area contributed by atoms with Crippen molar-refractivity contribution in [3.63, 3.8) is 0 Å². The van der Waals surface area contributed by atoms with Gasteiger partial charge >= 0.3 is 11.4 Å². The van der Waals surface area contributed by atoms with E-state index in [9.17, 15) is 19.7 Å². The quantitative estimate of drug-likeness (QED) is 0.341. The molecule has 10 nitrogen and oxygen atoms in total. The third-order valence-corrected chi connectivity index (χ3v) is 4.31. The van der Waals surface area contributed by atoms with Crippen molar-refractivity contribution in [2.45, 2.75) is 27.7 Å². The first-order valence-corrected chi connectivity index (χ1v) is 9.97. The Bertz CT molecular complexity index is 1300. The van der Waals surface area contributed by atoms with Crippen LogP contribution in [0, 0.1) is 15.5 Å². The van der Waals surface area contributed by atoms with Gasteiger partial charge in [0.15, 0.2) is 5.75 Å². The summed E-state index contributed by atoms with van der Waals surface area (Å²) in [6, 6.07) is 9.31. The van der Waals surface area contributed by atoms with E-state index in [0.29, 0.717) is 10.2 Å². The number of rotatable bonds is 7. The highest BCUT2D eigenvalue weighted by Gasteiger charge is 2.24. The number of aromatic amines is 1. The highest BCUT2D eigenvalue weighted by Crippen LogP contribution is 2.39. The van der Waals surface area contributed by atoms with E-state index in [1.165, 1.54) is 18.3 Å². The minimum Gasteiger partial charge on any atom is -0.490 e. The molecule has 0 bridgehead atoms. The number of hydrogen-bond acceptors (Lipinski definition) is 7. The van der Waals surface area contributed by atoms with Crippen LogP contribution < -0.4 is 20.7 Å². The zero-order valence-corrected chi connectivity index (χ0v) is 18.2. The molecule has 0 aliphatic carbocycles. The molecular formula is C22H24N4O6. The zero-order chi connectivity index (χ0) is 23.5. The number of fused-ring (bicyclic) bond motifs is 1. The third kappa shape index (κ3) is 5.02. The van der Waals surface area contributed by atoms with Crippen LogP contribution in [0.25, 0.3) is 10.9 Å². The molecule has 0 radical (unpaired) electrons. The molecule has 1 aromatic heterocycles. The molecule has 0 spiro atoms. The van der Waals surface area contributed by atoms with E-state index in [1.54, 1.807) is 31.2 Å². The van der Waals surface area contributed by atoms with Crippen molar-refractivity contribution in [2.75, 3.05) is 13.2 Å². The van der Waals surface area contributed by atoms with Gasteiger partial charge in [0.1, 0.15) is 0 Å². The van der Waals surface area contributed by atoms with Crippen molar-refractivity contribution in [1.82, 2.24) is 9.66 Å². The molecule has 0 aliphatic heterocycles. The van der Waals surface area contributed by atoms with Gasteiger partial charge in [-0.1, -0.05) is 32.9 Å². The molecule has 1 heterocycles. The maximum atomic E-state index is 12.6. The van der Waals surface area contributed by atoms with Gasteiger partial charge in [0.05, 0.1) is 35.3 Å². The summed E-state index contributed by atoms with van der Waals surface area (Å²) in [7, 11) is 0. The van der Waals surface area contributed by atoms with E-state index in [4.69, 9.17) is 9.47 Å². The first-order chi connectivity index (χ1) is 15.1. The number of nitro groups is 1. The van der Waals surface area contributed by atoms with Crippen LogP contribution in [0.5, 0.6) is 11.5 Å². The standard InChI is InChI=1S/C22H24N4O6/c1-5-31-18-11-14(10-17(26(29)30)19(18)32-13-22(2,3)4)12-23-25-20(27)15-8-6-7-9-16(15)24-21(25)28/h6-12H,5,13H2,1-4H3,(H,24,28). The Balaban J connectivity index is 2.08. The van der Waals surface area contributed by atoms with Gasteiger partial charge in [-0.15, -0.1) is 4.68 Å². The predicted octanol–water partition coefficient (Wildman–Crippen LogP) is 3.30. The van der Waals surface area contributed by atoms with Crippen LogP contribution in [-0.2, 0) is 0 Å². The summed E-state index contributed by atoms with van der Waals surface area (Å²) in [6.45, 7) is 8.07. The Hall–Kier alpha value is -3.95. The Kier molecular flexibility index (Phi) is 6.42. The van der Waals surface area contributed by atoms with Crippen LogP contribution in [0.3, 0.4) is 0 Å². The number of nitro benzene ring substituents is 1. The fraction of sp³-hybridized carbons (Fsp3) is 0.318. The van der Waals surface area contributed by atoms with Crippen LogP contribution in [0.1, 0.15) is 33.3 Å². The number of nitrogens with zero attached hydrogens (tertiary/aromatic N) is 3. The molecule has 1 N–H and O–H groups in total. The van der Waals surface area contributed by atoms with E-state index < -0.39 is 16.2 Å². The summed E-state index contributed by atoms with van der Waals surface area (Å²) in [6.07, 6.45) is 1.19. The Morgan fingerprint density at radius 2 is 1.91 bits per heavy atom. The van der Waals surface area contributed by atoms with E-state index in [0.717, 1.165) is 0 Å². The molecule has 0 aliphatic rings. The number of nitrogens with one attached hydrogen (secondary N) is 1. The first kappa shape index (κ1) is 22.7. The molecule has 0 atom stereocenters. The minimum atomic E-state index is -0.727. The second-order valence-corrected chi connectivity index (χ2v) is 8.24. The average molecular weight is 440 g/mol. The third-order valence-electron chi connectivity index (χ3n) is 4.31. The molecule has 2 aromatic carbocycles. The molecular weight excluding hydrogens is 416 g/mol. The number of hydrogen-bond donors (Lipinski definition) is 1. The number of para-hydroxylation sites is 1. The molecule has 3 aromatic rings. The van der Waals surface area contributed by atoms with Crippen molar-refractivity contribution < 1.29 is 14.4 Å². The van der Waals surface area contributed by atoms with Gasteiger partial charge < -0.3 is 14.5 Å². The second-order valence-electron chi connectivity index (χ2n) is 8.24. The summed E-state index contributed by atoms with van der Waals surface area (Å²) >= 11 is 0. The molecule has 3 rings (SSSR count). The van der Waals surface area contributed by atoms with Crippen molar-refractivity contribution in [1.29, 1.82) is 0 Å². The number of ether oxygens (including phenoxy) is 2. The normalized spacial score (nSPS) is 11.8. The topological polar surface area (TPSA) is 129 Å². The van der Waals surface area contributed by atoms with Crippen molar-refractivity contribution in [2.24, 2.45) is 10.5 Å². The van der Waals surface area contributed by atoms with E-state index in [1.807, 2.05) is 20.8 Å². The summed E-state index contributed by atoms with van der Waals surface area (Å²) < 4.78 is 12.0. The summed E-state index contributed by atoms with van der Waals surface area (Å²) in [5.74, 6) is 0.191. The zero-order valence-electron chi connectivity index (χ0n) is 18.2. The lowest BCUT2D eigenvalue weighted by molar-refractivity contribution is -0.386. The van der Waals surface area contributed by atoms with E-state index in [-0.39, 0.29) is 46.8 Å². The lowest BCUT2D eigenvalue weighted by Crippen LogP contribution is -2.32. The van der Waals surface area contributed by atoms with Gasteiger partial charge in [-0.3, -0.25) is 14.9 Å². The summed E-state index contributed by atoms with van der Waals surface area (Å²) in [4.78, 5) is 38.6. The fourth-order valence-electron chi connectivity index (χ4n) is 2.90. The molecule has 32 heavy (non-hydrogen) atoms. The maximum absolute atomic E-state index is 12.6. The monoisotopic (exact) mass is 440 g/mol. The number of H-pyrrole nitrogens is 1. The molecule has 0 unspecified atom stereocenters. The van der Waals surface area contributed by atoms with Crippen LogP contribution in [-0.4, -0.2) is 34.0 Å². The second kappa shape index (κ2) is 9.04. The predicted molar refractivity (Wildman–Crippen MR) is 121 cm³/mol. The minimum absolute atomic E-state index is 0.0182. The van der Waals surface area contributed by atoms with Gasteiger partial charge in [-0.2, -0.15) is 5.10 Å². The Labute approximate surface area is 183 Å². The largest absolute Gasteiger partial charge is 0.490 e. The van der Waals surface area contributed by atoms with Crippen LogP contribution in [0.4, 0.5) is 5.69 Å². The van der Waals surface area contributed by atoms with Gasteiger partial charge in [-0.25, -0.2) is 4.79 Å². The SMILES string of the molecule is CCOc1cc(C=Nn2c(=O)[nH]c3ccccc3c2=O)cc([N+](=O)[O-])c1OCC(C)(C)C. The highest BCUT2D eigenvalue weighted by molar-refractivity contribution is 5.83. The first-order valence-electron chi connectivity index (χ1n) is 9.97. The van der Waals surface area contributed by atoms with Crippen molar-refractivity contribution in [3.8, 4) is 11.5 Å². The molecule has 0 saturated carbocycles. The molecule has 0 fully saturated rings. The van der Waals surface area contributed by atoms with Crippen molar-refractivity contribution >= 4 is 22.8 Å². The van der Waals surface area contributed by atoms with Crippen LogP contribution in [0.15, 0.2) is 51.1 Å². The Morgan fingerprint density at radius 1 is 1.19 bits per heavy atom. The molecule has 168 valence electrons. The summed E-state index contributed by atoms with van der Waals surface area (Å²) in [5, 5.41) is 15.9. The molecule has 10 heteroatoms. The molecule has 0 amide bonds. The lowest BCUT2D eigenvalue weighted by atomic mass is 9.98. The van der Waals surface area contributed by atoms with Gasteiger partial charge in [-0.05, 0) is 30.5 Å². The maximum Gasteiger partial charge on any atom is 0.349 e.